The van der Waals surface area contributed by atoms with Crippen LogP contribution in [0.25, 0.3) is 5.65 Å². The van der Waals surface area contributed by atoms with Crippen molar-refractivity contribution >= 4 is 5.65 Å². The van der Waals surface area contributed by atoms with E-state index in [4.69, 9.17) is 0 Å². The summed E-state index contributed by atoms with van der Waals surface area (Å²) in [5.41, 5.74) is 5.01. The molecule has 2 aromatic heterocycles. The van der Waals surface area contributed by atoms with Crippen LogP contribution in [-0.2, 0) is 0 Å². The first-order valence-electron chi connectivity index (χ1n) is 5.27. The Kier molecular flexibility index (Phi) is 2.30. The van der Waals surface area contributed by atoms with Crippen molar-refractivity contribution in [1.29, 1.82) is 0 Å². The van der Waals surface area contributed by atoms with Crippen LogP contribution in [-0.4, -0.2) is 14.6 Å². The summed E-state index contributed by atoms with van der Waals surface area (Å²) in [6.45, 7) is 9.51. The molecule has 0 aliphatic heterocycles. The molecule has 0 unspecified atom stereocenters. The Hall–Kier alpha value is -1.71. The summed E-state index contributed by atoms with van der Waals surface area (Å²) in [6, 6.07) is 0. The summed E-state index contributed by atoms with van der Waals surface area (Å²) in [5, 5.41) is 4.28. The Balaban J connectivity index is 3.09. The van der Waals surface area contributed by atoms with Gasteiger partial charge >= 0.3 is 0 Å². The van der Waals surface area contributed by atoms with Crippen molar-refractivity contribution in [3.63, 3.8) is 0 Å². The van der Waals surface area contributed by atoms with Crippen LogP contribution in [0, 0.1) is 34.6 Å². The SMILES string of the molecule is Cc1nn2c(=O)c(C)c(C)nc2c(C)c1C. The summed E-state index contributed by atoms with van der Waals surface area (Å²) in [4.78, 5) is 16.5. The fourth-order valence-electron chi connectivity index (χ4n) is 1.70. The molecular formula is C12H15N3O. The zero-order valence-electron chi connectivity index (χ0n) is 10.2. The van der Waals surface area contributed by atoms with Gasteiger partial charge in [0.2, 0.25) is 0 Å². The lowest BCUT2D eigenvalue weighted by Gasteiger charge is -2.10. The molecule has 0 bridgehead atoms. The second kappa shape index (κ2) is 3.40. The summed E-state index contributed by atoms with van der Waals surface area (Å²) in [7, 11) is 0. The van der Waals surface area contributed by atoms with Crippen LogP contribution in [0.1, 0.15) is 28.1 Å². The molecule has 0 fully saturated rings. The molecular weight excluding hydrogens is 202 g/mol. The number of aromatic nitrogens is 3. The lowest BCUT2D eigenvalue weighted by atomic mass is 10.1. The molecule has 0 saturated heterocycles. The summed E-state index contributed by atoms with van der Waals surface area (Å²) >= 11 is 0. The Bertz CT molecular complexity index is 641. The van der Waals surface area contributed by atoms with Crippen molar-refractivity contribution in [2.24, 2.45) is 0 Å². The first kappa shape index (κ1) is 10.8. The molecule has 0 amide bonds. The van der Waals surface area contributed by atoms with E-state index in [9.17, 15) is 4.79 Å². The molecule has 0 atom stereocenters. The van der Waals surface area contributed by atoms with Gasteiger partial charge in [-0.05, 0) is 45.7 Å². The molecule has 0 radical (unpaired) electrons. The number of rotatable bonds is 0. The Morgan fingerprint density at radius 3 is 2.12 bits per heavy atom. The van der Waals surface area contributed by atoms with Gasteiger partial charge < -0.3 is 0 Å². The van der Waals surface area contributed by atoms with Gasteiger partial charge in [0.05, 0.1) is 5.69 Å². The maximum absolute atomic E-state index is 12.0. The molecule has 2 rings (SSSR count). The lowest BCUT2D eigenvalue weighted by Crippen LogP contribution is -2.23. The average Bonchev–Trinajstić information content (AvgIpc) is 2.25. The third-order valence-electron chi connectivity index (χ3n) is 3.22. The molecule has 16 heavy (non-hydrogen) atoms. The van der Waals surface area contributed by atoms with Gasteiger partial charge in [-0.15, -0.1) is 0 Å². The van der Waals surface area contributed by atoms with Crippen molar-refractivity contribution in [2.75, 3.05) is 0 Å². The van der Waals surface area contributed by atoms with Crippen molar-refractivity contribution in [3.8, 4) is 0 Å². The Morgan fingerprint density at radius 1 is 0.875 bits per heavy atom. The minimum atomic E-state index is -0.0753. The number of nitrogens with zero attached hydrogens (tertiary/aromatic N) is 3. The predicted molar refractivity (Wildman–Crippen MR) is 62.9 cm³/mol. The third-order valence-corrected chi connectivity index (χ3v) is 3.22. The van der Waals surface area contributed by atoms with E-state index in [0.29, 0.717) is 11.2 Å². The average molecular weight is 217 g/mol. The van der Waals surface area contributed by atoms with Crippen LogP contribution in [0.3, 0.4) is 0 Å². The summed E-state index contributed by atoms with van der Waals surface area (Å²) in [6.07, 6.45) is 0. The van der Waals surface area contributed by atoms with Crippen molar-refractivity contribution in [1.82, 2.24) is 14.6 Å². The minimum Gasteiger partial charge on any atom is -0.267 e. The Morgan fingerprint density at radius 2 is 1.50 bits per heavy atom. The smallest absolute Gasteiger partial charge is 0.267 e. The normalized spacial score (nSPS) is 11.1. The topological polar surface area (TPSA) is 47.3 Å². The first-order valence-corrected chi connectivity index (χ1v) is 5.27. The lowest BCUT2D eigenvalue weighted by molar-refractivity contribution is 0.808. The molecule has 0 spiro atoms. The van der Waals surface area contributed by atoms with Gasteiger partial charge in [-0.1, -0.05) is 0 Å². The number of fused-ring (bicyclic) bond motifs is 1. The van der Waals surface area contributed by atoms with Crippen LogP contribution >= 0.6 is 0 Å². The zero-order valence-corrected chi connectivity index (χ0v) is 10.2. The molecule has 4 heteroatoms. The van der Waals surface area contributed by atoms with Gasteiger partial charge in [-0.3, -0.25) is 4.79 Å². The fourth-order valence-corrected chi connectivity index (χ4v) is 1.70. The third kappa shape index (κ3) is 1.33. The van der Waals surface area contributed by atoms with Gasteiger partial charge in [-0.25, -0.2) is 4.98 Å². The van der Waals surface area contributed by atoms with Crippen LogP contribution < -0.4 is 5.56 Å². The second-order valence-corrected chi connectivity index (χ2v) is 4.20. The van der Waals surface area contributed by atoms with E-state index >= 15 is 0 Å². The van der Waals surface area contributed by atoms with E-state index in [0.717, 1.165) is 22.5 Å². The molecule has 0 aromatic carbocycles. The molecule has 84 valence electrons. The van der Waals surface area contributed by atoms with Crippen molar-refractivity contribution in [3.05, 3.63) is 38.4 Å². The number of hydrogen-bond donors (Lipinski definition) is 0. The summed E-state index contributed by atoms with van der Waals surface area (Å²) in [5.74, 6) is 0. The molecule has 0 aliphatic rings. The van der Waals surface area contributed by atoms with E-state index < -0.39 is 0 Å². The van der Waals surface area contributed by atoms with Gasteiger partial charge in [-0.2, -0.15) is 9.61 Å². The van der Waals surface area contributed by atoms with Crippen molar-refractivity contribution < 1.29 is 0 Å². The van der Waals surface area contributed by atoms with Crippen LogP contribution in [0.4, 0.5) is 0 Å². The zero-order chi connectivity index (χ0) is 12.0. The van der Waals surface area contributed by atoms with Gasteiger partial charge in [0.1, 0.15) is 0 Å². The molecule has 2 heterocycles. The van der Waals surface area contributed by atoms with Crippen molar-refractivity contribution in [2.45, 2.75) is 34.6 Å². The molecule has 2 aromatic rings. The highest BCUT2D eigenvalue weighted by Crippen LogP contribution is 2.14. The molecule has 4 nitrogen and oxygen atoms in total. The molecule has 0 N–H and O–H groups in total. The van der Waals surface area contributed by atoms with Gasteiger partial charge in [0.15, 0.2) is 5.65 Å². The van der Waals surface area contributed by atoms with E-state index in [2.05, 4.69) is 10.1 Å². The predicted octanol–water partition coefficient (Wildman–Crippen LogP) is 1.63. The van der Waals surface area contributed by atoms with Crippen LogP contribution in [0.5, 0.6) is 0 Å². The molecule has 0 aliphatic carbocycles. The van der Waals surface area contributed by atoms with Gasteiger partial charge in [0.25, 0.3) is 5.56 Å². The van der Waals surface area contributed by atoms with E-state index in [1.54, 1.807) is 6.92 Å². The van der Waals surface area contributed by atoms with E-state index in [-0.39, 0.29) is 5.56 Å². The van der Waals surface area contributed by atoms with Gasteiger partial charge in [0, 0.05) is 11.3 Å². The highest BCUT2D eigenvalue weighted by molar-refractivity contribution is 5.51. The summed E-state index contributed by atoms with van der Waals surface area (Å²) < 4.78 is 1.40. The quantitative estimate of drug-likeness (QED) is 0.674. The van der Waals surface area contributed by atoms with E-state index in [1.807, 2.05) is 27.7 Å². The number of aryl methyl sites for hydroxylation is 3. The van der Waals surface area contributed by atoms with E-state index in [1.165, 1.54) is 4.52 Å². The first-order chi connectivity index (χ1) is 7.43. The van der Waals surface area contributed by atoms with Crippen LogP contribution in [0.15, 0.2) is 4.79 Å². The standard InChI is InChI=1S/C12H15N3O/c1-6-7(2)11-13-9(4)8(3)12(16)15(11)14-10(6)5/h1-5H3. The molecule has 0 saturated carbocycles. The minimum absolute atomic E-state index is 0.0753. The highest BCUT2D eigenvalue weighted by Gasteiger charge is 2.11. The highest BCUT2D eigenvalue weighted by atomic mass is 16.1. The maximum Gasteiger partial charge on any atom is 0.277 e. The number of hydrogen-bond acceptors (Lipinski definition) is 3. The Labute approximate surface area is 94.0 Å². The van der Waals surface area contributed by atoms with Crippen LogP contribution in [0.2, 0.25) is 0 Å². The largest absolute Gasteiger partial charge is 0.277 e. The second-order valence-electron chi connectivity index (χ2n) is 4.20. The monoisotopic (exact) mass is 217 g/mol. The fraction of sp³-hybridized carbons (Fsp3) is 0.417. The maximum atomic E-state index is 12.0.